The molecule has 0 fully saturated rings. The molecule has 0 saturated heterocycles. The second-order valence-corrected chi connectivity index (χ2v) is 9.58. The first-order valence-electron chi connectivity index (χ1n) is 11.9. The average molecular weight is 487 g/mol. The van der Waals surface area contributed by atoms with Crippen molar-refractivity contribution in [3.05, 3.63) is 69.7 Å². The number of halogens is 1. The van der Waals surface area contributed by atoms with Gasteiger partial charge in [-0.3, -0.25) is 9.59 Å². The van der Waals surface area contributed by atoms with Crippen LogP contribution in [-0.2, 0) is 21.4 Å². The van der Waals surface area contributed by atoms with Crippen LogP contribution in [0.3, 0.4) is 0 Å². The van der Waals surface area contributed by atoms with Gasteiger partial charge in [0.15, 0.2) is 0 Å². The summed E-state index contributed by atoms with van der Waals surface area (Å²) in [6.45, 7) is 4.97. The van der Waals surface area contributed by atoms with E-state index in [0.29, 0.717) is 23.6 Å². The predicted molar refractivity (Wildman–Crippen MR) is 135 cm³/mol. The van der Waals surface area contributed by atoms with Gasteiger partial charge in [-0.05, 0) is 72.7 Å². The molecule has 34 heavy (non-hydrogen) atoms. The summed E-state index contributed by atoms with van der Waals surface area (Å²) in [5.74, 6) is -1.38. The number of hydrogen-bond acceptors (Lipinski definition) is 4. The Balaban J connectivity index is 1.87. The van der Waals surface area contributed by atoms with E-state index in [2.05, 4.69) is 19.2 Å². The lowest BCUT2D eigenvalue weighted by molar-refractivity contribution is -0.137. The lowest BCUT2D eigenvalue weighted by atomic mass is 9.62. The fourth-order valence-corrected chi connectivity index (χ4v) is 5.72. The third-order valence-corrected chi connectivity index (χ3v) is 7.76. The lowest BCUT2D eigenvalue weighted by Gasteiger charge is -2.49. The number of carboxylic acids is 1. The summed E-state index contributed by atoms with van der Waals surface area (Å²) < 4.78 is 5.95. The fourth-order valence-electron chi connectivity index (χ4n) is 5.59. The van der Waals surface area contributed by atoms with Crippen molar-refractivity contribution in [1.82, 2.24) is 5.32 Å². The number of primary amides is 1. The summed E-state index contributed by atoms with van der Waals surface area (Å²) in [7, 11) is 1.74. The minimum atomic E-state index is -0.822. The van der Waals surface area contributed by atoms with Crippen molar-refractivity contribution >= 4 is 23.5 Å². The van der Waals surface area contributed by atoms with E-state index in [4.69, 9.17) is 22.1 Å². The predicted octanol–water partition coefficient (Wildman–Crippen LogP) is 4.67. The second kappa shape index (κ2) is 11.3. The number of hydrogen-bond donors (Lipinski definition) is 3. The standard InChI is InChI=1S/C27H35ClN2O4/c1-4-27(5-2)22-14-20(26(29)33)7-6-19(22)15-23(34-3)25(27)30-13-12-18(16-24(31)32)17-8-10-21(28)11-9-17/h6-11,14,18,23,25,30H,4-5,12-13,15-16H2,1-3H3,(H2,29,33)(H,31,32)/t18?,23-,25+/m0/s1. The third kappa shape index (κ3) is 5.45. The number of nitrogens with two attached hydrogens (primary N) is 1. The Morgan fingerprint density at radius 2 is 1.88 bits per heavy atom. The van der Waals surface area contributed by atoms with Crippen molar-refractivity contribution in [2.45, 2.75) is 69.4 Å². The number of carboxylic acid groups (broad SMARTS) is 1. The van der Waals surface area contributed by atoms with Crippen LogP contribution in [0, 0.1) is 0 Å². The molecular weight excluding hydrogens is 452 g/mol. The van der Waals surface area contributed by atoms with Crippen LogP contribution in [0.5, 0.6) is 0 Å². The van der Waals surface area contributed by atoms with E-state index in [1.165, 1.54) is 5.56 Å². The average Bonchev–Trinajstić information content (AvgIpc) is 2.82. The van der Waals surface area contributed by atoms with Crippen molar-refractivity contribution < 1.29 is 19.4 Å². The van der Waals surface area contributed by atoms with E-state index in [-0.39, 0.29) is 29.9 Å². The van der Waals surface area contributed by atoms with Gasteiger partial charge < -0.3 is 20.9 Å². The Labute approximate surface area is 206 Å². The van der Waals surface area contributed by atoms with Crippen LogP contribution < -0.4 is 11.1 Å². The maximum Gasteiger partial charge on any atom is 0.303 e. The number of fused-ring (bicyclic) bond motifs is 1. The highest BCUT2D eigenvalue weighted by Gasteiger charge is 2.46. The Morgan fingerprint density at radius 3 is 2.44 bits per heavy atom. The fraction of sp³-hybridized carbons (Fsp3) is 0.481. The second-order valence-electron chi connectivity index (χ2n) is 9.14. The molecule has 3 rings (SSSR count). The highest BCUT2D eigenvalue weighted by atomic mass is 35.5. The highest BCUT2D eigenvalue weighted by molar-refractivity contribution is 6.30. The first-order chi connectivity index (χ1) is 16.2. The minimum Gasteiger partial charge on any atom is -0.481 e. The lowest BCUT2D eigenvalue weighted by Crippen LogP contribution is -2.59. The van der Waals surface area contributed by atoms with Gasteiger partial charge in [-0.1, -0.05) is 43.6 Å². The molecule has 2 aromatic rings. The zero-order chi connectivity index (χ0) is 24.9. The van der Waals surface area contributed by atoms with Crippen LogP contribution in [0.1, 0.15) is 72.5 Å². The summed E-state index contributed by atoms with van der Waals surface area (Å²) in [6, 6.07) is 13.2. The molecule has 1 unspecified atom stereocenters. The van der Waals surface area contributed by atoms with E-state index >= 15 is 0 Å². The Kier molecular flexibility index (Phi) is 8.74. The maximum absolute atomic E-state index is 11.9. The van der Waals surface area contributed by atoms with Crippen LogP contribution in [-0.4, -0.2) is 42.8 Å². The molecule has 1 amide bonds. The summed E-state index contributed by atoms with van der Waals surface area (Å²) >= 11 is 6.02. The molecule has 0 aliphatic heterocycles. The molecule has 0 heterocycles. The van der Waals surface area contributed by atoms with Crippen molar-refractivity contribution in [2.24, 2.45) is 5.73 Å². The van der Waals surface area contributed by atoms with Gasteiger partial charge in [0, 0.05) is 35.6 Å². The van der Waals surface area contributed by atoms with Crippen LogP contribution >= 0.6 is 11.6 Å². The number of amides is 1. The number of nitrogens with one attached hydrogen (secondary N) is 1. The highest BCUT2D eigenvalue weighted by Crippen LogP contribution is 2.44. The number of ether oxygens (including phenoxy) is 1. The van der Waals surface area contributed by atoms with Gasteiger partial charge in [-0.2, -0.15) is 0 Å². The van der Waals surface area contributed by atoms with E-state index < -0.39 is 11.9 Å². The van der Waals surface area contributed by atoms with E-state index in [0.717, 1.165) is 30.4 Å². The van der Waals surface area contributed by atoms with Crippen LogP contribution in [0.15, 0.2) is 42.5 Å². The zero-order valence-electron chi connectivity index (χ0n) is 20.1. The molecular formula is C27H35ClN2O4. The molecule has 7 heteroatoms. The minimum absolute atomic E-state index is 0.0128. The van der Waals surface area contributed by atoms with E-state index in [1.54, 1.807) is 25.3 Å². The number of benzene rings is 2. The van der Waals surface area contributed by atoms with Gasteiger partial charge in [0.1, 0.15) is 0 Å². The van der Waals surface area contributed by atoms with Crippen molar-refractivity contribution in [3.63, 3.8) is 0 Å². The molecule has 0 spiro atoms. The summed E-state index contributed by atoms with van der Waals surface area (Å²) in [4.78, 5) is 23.4. The Bertz CT molecular complexity index is 1000. The summed E-state index contributed by atoms with van der Waals surface area (Å²) in [5, 5.41) is 13.8. The molecule has 0 saturated carbocycles. The van der Waals surface area contributed by atoms with Crippen molar-refractivity contribution in [1.29, 1.82) is 0 Å². The topological polar surface area (TPSA) is 102 Å². The maximum atomic E-state index is 11.9. The van der Waals surface area contributed by atoms with Gasteiger partial charge in [0.2, 0.25) is 5.91 Å². The molecule has 184 valence electrons. The number of carbonyl (C=O) groups is 2. The van der Waals surface area contributed by atoms with Crippen LogP contribution in [0.2, 0.25) is 5.02 Å². The number of rotatable bonds is 11. The van der Waals surface area contributed by atoms with Gasteiger partial charge in [0.25, 0.3) is 0 Å². The van der Waals surface area contributed by atoms with Gasteiger partial charge in [0.05, 0.1) is 12.5 Å². The Morgan fingerprint density at radius 1 is 1.21 bits per heavy atom. The van der Waals surface area contributed by atoms with Gasteiger partial charge >= 0.3 is 5.97 Å². The summed E-state index contributed by atoms with van der Waals surface area (Å²) in [5.41, 5.74) is 9.18. The van der Waals surface area contributed by atoms with Gasteiger partial charge in [-0.15, -0.1) is 0 Å². The van der Waals surface area contributed by atoms with Gasteiger partial charge in [-0.25, -0.2) is 0 Å². The smallest absolute Gasteiger partial charge is 0.303 e. The van der Waals surface area contributed by atoms with Crippen LogP contribution in [0.4, 0.5) is 0 Å². The number of aliphatic carboxylic acids is 1. The molecule has 4 N–H and O–H groups in total. The van der Waals surface area contributed by atoms with Crippen molar-refractivity contribution in [3.8, 4) is 0 Å². The number of methoxy groups -OCH3 is 1. The molecule has 2 aromatic carbocycles. The van der Waals surface area contributed by atoms with E-state index in [9.17, 15) is 14.7 Å². The largest absolute Gasteiger partial charge is 0.481 e. The molecule has 0 radical (unpaired) electrons. The third-order valence-electron chi connectivity index (χ3n) is 7.50. The molecule has 1 aliphatic rings. The first kappa shape index (κ1) is 26.2. The van der Waals surface area contributed by atoms with E-state index in [1.807, 2.05) is 24.3 Å². The van der Waals surface area contributed by atoms with Crippen LogP contribution in [0.25, 0.3) is 0 Å². The SMILES string of the molecule is CCC1(CC)c2cc(C(N)=O)ccc2C[C@H](OC)[C@H]1NCCC(CC(=O)O)c1ccc(Cl)cc1. The monoisotopic (exact) mass is 486 g/mol. The first-order valence-corrected chi connectivity index (χ1v) is 12.3. The molecule has 6 nitrogen and oxygen atoms in total. The molecule has 0 bridgehead atoms. The quantitative estimate of drug-likeness (QED) is 0.428. The van der Waals surface area contributed by atoms with Crippen molar-refractivity contribution in [2.75, 3.05) is 13.7 Å². The summed E-state index contributed by atoms with van der Waals surface area (Å²) in [6.07, 6.45) is 3.15. The molecule has 3 atom stereocenters. The molecule has 0 aromatic heterocycles. The normalized spacial score (nSPS) is 19.9. The number of carbonyl (C=O) groups excluding carboxylic acids is 1. The zero-order valence-corrected chi connectivity index (χ0v) is 20.9. The Hall–Kier alpha value is -2.41. The molecule has 1 aliphatic carbocycles.